The second kappa shape index (κ2) is 9.45. The molecule has 1 unspecified atom stereocenters. The number of hydrogen-bond acceptors (Lipinski definition) is 4. The van der Waals surface area contributed by atoms with E-state index in [0.717, 1.165) is 43.7 Å². The van der Waals surface area contributed by atoms with Crippen LogP contribution in [0.15, 0.2) is 23.1 Å². The first kappa shape index (κ1) is 22.1. The van der Waals surface area contributed by atoms with Crippen LogP contribution in [0.3, 0.4) is 0 Å². The molecule has 0 aromatic heterocycles. The van der Waals surface area contributed by atoms with Gasteiger partial charge in [0.05, 0.1) is 29.4 Å². The Labute approximate surface area is 174 Å². The summed E-state index contributed by atoms with van der Waals surface area (Å²) in [6.45, 7) is 8.10. The van der Waals surface area contributed by atoms with Crippen molar-refractivity contribution in [1.29, 1.82) is 0 Å². The summed E-state index contributed by atoms with van der Waals surface area (Å²) in [7, 11) is -3.83. The number of nitrogens with zero attached hydrogens (tertiary/aromatic N) is 1. The second-order valence-corrected chi connectivity index (χ2v) is 9.98. The van der Waals surface area contributed by atoms with Gasteiger partial charge in [-0.25, -0.2) is 13.6 Å². The average molecular weight is 424 g/mol. The Morgan fingerprint density at radius 3 is 2.52 bits per heavy atom. The number of hydrogen-bond donors (Lipinski definition) is 3. The van der Waals surface area contributed by atoms with Crippen LogP contribution in [0.5, 0.6) is 0 Å². The molecular formula is C21H35N4O3S+. The van der Waals surface area contributed by atoms with E-state index in [1.807, 2.05) is 13.8 Å². The number of carbonyl (C=O) groups is 1. The number of primary sulfonamides is 1. The summed E-state index contributed by atoms with van der Waals surface area (Å²) in [4.78, 5) is 16.3. The van der Waals surface area contributed by atoms with Crippen molar-refractivity contribution in [1.82, 2.24) is 0 Å². The van der Waals surface area contributed by atoms with E-state index in [2.05, 4.69) is 10.2 Å². The molecule has 7 nitrogen and oxygen atoms in total. The fourth-order valence-corrected chi connectivity index (χ4v) is 5.55. The number of nitrogens with two attached hydrogens (primary N) is 1. The average Bonchev–Trinajstić information content (AvgIpc) is 2.69. The molecule has 2 fully saturated rings. The highest BCUT2D eigenvalue weighted by molar-refractivity contribution is 7.89. The maximum Gasteiger partial charge on any atom is 0.279 e. The molecule has 29 heavy (non-hydrogen) atoms. The van der Waals surface area contributed by atoms with Crippen molar-refractivity contribution >= 4 is 27.3 Å². The van der Waals surface area contributed by atoms with E-state index in [-0.39, 0.29) is 10.8 Å². The van der Waals surface area contributed by atoms with Gasteiger partial charge in [-0.05, 0) is 57.2 Å². The van der Waals surface area contributed by atoms with Crippen molar-refractivity contribution < 1.29 is 18.1 Å². The van der Waals surface area contributed by atoms with Gasteiger partial charge in [0.25, 0.3) is 5.91 Å². The van der Waals surface area contributed by atoms with Crippen molar-refractivity contribution in [3.63, 3.8) is 0 Å². The molecule has 1 saturated carbocycles. The normalized spacial score (nSPS) is 24.6. The van der Waals surface area contributed by atoms with Crippen LogP contribution >= 0.6 is 0 Å². The van der Waals surface area contributed by atoms with Crippen LogP contribution in [0.25, 0.3) is 0 Å². The van der Waals surface area contributed by atoms with E-state index < -0.39 is 10.0 Å². The van der Waals surface area contributed by atoms with Crippen LogP contribution in [0.1, 0.15) is 46.0 Å². The molecule has 1 aliphatic heterocycles. The predicted molar refractivity (Wildman–Crippen MR) is 116 cm³/mol. The van der Waals surface area contributed by atoms with Gasteiger partial charge in [-0.1, -0.05) is 12.8 Å². The number of piperidine rings is 1. The number of carbonyl (C=O) groups excluding carboxylic acids is 1. The van der Waals surface area contributed by atoms with Crippen molar-refractivity contribution in [2.45, 2.75) is 50.8 Å². The number of likely N-dealkylation sites (tertiary alicyclic amines) is 1. The molecule has 4 N–H and O–H groups in total. The topological polar surface area (TPSA) is 96.9 Å². The fourth-order valence-electron chi connectivity index (χ4n) is 5.01. The molecule has 162 valence electrons. The van der Waals surface area contributed by atoms with E-state index >= 15 is 0 Å². The Bertz CT molecular complexity index is 823. The van der Waals surface area contributed by atoms with Crippen molar-refractivity contribution in [3.8, 4) is 0 Å². The summed E-state index contributed by atoms with van der Waals surface area (Å²) in [5.41, 5.74) is 1.33. The van der Waals surface area contributed by atoms with E-state index in [1.54, 1.807) is 6.07 Å². The number of benzene rings is 1. The minimum Gasteiger partial charge on any atom is -0.370 e. The minimum atomic E-state index is -3.83. The largest absolute Gasteiger partial charge is 0.370 e. The van der Waals surface area contributed by atoms with Crippen molar-refractivity contribution in [2.24, 2.45) is 17.0 Å². The third kappa shape index (κ3) is 5.49. The molecule has 3 rings (SSSR count). The molecule has 1 amide bonds. The highest BCUT2D eigenvalue weighted by Gasteiger charge is 2.34. The number of rotatable bonds is 7. The second-order valence-electron chi connectivity index (χ2n) is 8.42. The Kier molecular flexibility index (Phi) is 7.19. The maximum atomic E-state index is 12.8. The van der Waals surface area contributed by atoms with Crippen molar-refractivity contribution in [3.05, 3.63) is 18.2 Å². The number of sulfonamides is 1. The fraction of sp³-hybridized carbons (Fsp3) is 0.667. The van der Waals surface area contributed by atoms with Crippen LogP contribution in [0.4, 0.5) is 11.4 Å². The molecule has 0 radical (unpaired) electrons. The molecule has 0 spiro atoms. The monoisotopic (exact) mass is 423 g/mol. The summed E-state index contributed by atoms with van der Waals surface area (Å²) in [5.74, 6) is 1.52. The minimum absolute atomic E-state index is 0.0130. The number of nitrogens with one attached hydrogen (secondary N) is 2. The van der Waals surface area contributed by atoms with Gasteiger partial charge in [0.15, 0.2) is 6.54 Å². The smallest absolute Gasteiger partial charge is 0.279 e. The summed E-state index contributed by atoms with van der Waals surface area (Å²) < 4.78 is 23.6. The Morgan fingerprint density at radius 2 is 1.86 bits per heavy atom. The Morgan fingerprint density at radius 1 is 1.17 bits per heavy atom. The van der Waals surface area contributed by atoms with Crippen molar-refractivity contribution in [2.75, 3.05) is 42.9 Å². The zero-order valence-corrected chi connectivity index (χ0v) is 18.4. The van der Waals surface area contributed by atoms with Gasteiger partial charge in [0, 0.05) is 19.0 Å². The molecule has 1 aliphatic carbocycles. The molecular weight excluding hydrogens is 388 g/mol. The Balaban J connectivity index is 1.72. The standard InChI is InChI=1S/C21H34N4O3S/c1-3-25(4-2)20-10-9-18(29(22,27)28)13-19(20)23-21(26)15-24-12-11-16-7-5-6-8-17(16)14-24/h9-10,13,16-17H,3-8,11-12,14-15H2,1-2H3,(H,23,26)(H2,22,27,28)/p+1/t16-,17+/m0/s1. The van der Waals surface area contributed by atoms with Gasteiger partial charge in [0.1, 0.15) is 0 Å². The first-order valence-corrected chi connectivity index (χ1v) is 12.4. The van der Waals surface area contributed by atoms with Crippen LogP contribution in [0, 0.1) is 11.8 Å². The quantitative estimate of drug-likeness (QED) is 0.614. The maximum absolute atomic E-state index is 12.8. The molecule has 3 atom stereocenters. The zero-order chi connectivity index (χ0) is 21.0. The lowest BCUT2D eigenvalue weighted by Gasteiger charge is -2.38. The lowest BCUT2D eigenvalue weighted by Crippen LogP contribution is -3.15. The number of anilines is 2. The molecule has 1 aromatic carbocycles. The highest BCUT2D eigenvalue weighted by atomic mass is 32.2. The highest BCUT2D eigenvalue weighted by Crippen LogP contribution is 2.32. The first-order valence-electron chi connectivity index (χ1n) is 10.9. The van der Waals surface area contributed by atoms with E-state index in [4.69, 9.17) is 5.14 Å². The van der Waals surface area contributed by atoms with E-state index in [9.17, 15) is 13.2 Å². The first-order chi connectivity index (χ1) is 13.8. The molecule has 1 aromatic rings. The lowest BCUT2D eigenvalue weighted by molar-refractivity contribution is -0.902. The summed E-state index contributed by atoms with van der Waals surface area (Å²) >= 11 is 0. The number of amides is 1. The van der Waals surface area contributed by atoms with Gasteiger partial charge >= 0.3 is 0 Å². The van der Waals surface area contributed by atoms with E-state index in [1.165, 1.54) is 49.1 Å². The van der Waals surface area contributed by atoms with Crippen LogP contribution < -0.4 is 20.3 Å². The van der Waals surface area contributed by atoms with Gasteiger partial charge in [0.2, 0.25) is 10.0 Å². The van der Waals surface area contributed by atoms with Crippen LogP contribution in [-0.4, -0.2) is 47.0 Å². The summed E-state index contributed by atoms with van der Waals surface area (Å²) in [6.07, 6.45) is 6.51. The predicted octanol–water partition coefficient (Wildman–Crippen LogP) is 1.21. The van der Waals surface area contributed by atoms with E-state index in [0.29, 0.717) is 12.2 Å². The summed E-state index contributed by atoms with van der Waals surface area (Å²) in [6, 6.07) is 4.70. The third-order valence-corrected chi connectivity index (χ3v) is 7.48. The van der Waals surface area contributed by atoms with Gasteiger partial charge in [-0.2, -0.15) is 0 Å². The summed E-state index contributed by atoms with van der Waals surface area (Å²) in [5, 5.41) is 8.27. The SMILES string of the molecule is CCN(CC)c1ccc(S(N)(=O)=O)cc1NC(=O)C[NH+]1CC[C@@H]2CCCC[C@@H]2C1. The van der Waals surface area contributed by atoms with Gasteiger partial charge in [-0.3, -0.25) is 4.79 Å². The third-order valence-electron chi connectivity index (χ3n) is 6.57. The van der Waals surface area contributed by atoms with Gasteiger partial charge in [-0.15, -0.1) is 0 Å². The van der Waals surface area contributed by atoms with Gasteiger partial charge < -0.3 is 15.1 Å². The molecule has 0 bridgehead atoms. The number of quaternary nitrogens is 1. The zero-order valence-electron chi connectivity index (χ0n) is 17.6. The molecule has 8 heteroatoms. The number of fused-ring (bicyclic) bond motifs is 1. The van der Waals surface area contributed by atoms with Crippen LogP contribution in [0.2, 0.25) is 0 Å². The van der Waals surface area contributed by atoms with Crippen LogP contribution in [-0.2, 0) is 14.8 Å². The molecule has 1 saturated heterocycles. The molecule has 1 heterocycles. The molecule has 2 aliphatic rings. The lowest BCUT2D eigenvalue weighted by atomic mass is 9.75. The Hall–Kier alpha value is -1.64.